The first-order valence-corrected chi connectivity index (χ1v) is 5.48. The van der Waals surface area contributed by atoms with Crippen LogP contribution in [0.1, 0.15) is 13.8 Å². The highest BCUT2D eigenvalue weighted by atomic mass is 19.1. The summed E-state index contributed by atoms with van der Waals surface area (Å²) >= 11 is 0. The Morgan fingerprint density at radius 3 is 2.28 bits per heavy atom. The van der Waals surface area contributed by atoms with E-state index in [-0.39, 0.29) is 23.8 Å². The molecular formula is C12H17F2N3O. The number of halogens is 2. The standard InChI is InChI=1S/C12H17F2N3O/c1-12(2,11(18)16-3)6-17-10-8(13)4-7(15)5-9(10)14/h4-5,17H,6,15H2,1-3H3,(H,16,18). The summed E-state index contributed by atoms with van der Waals surface area (Å²) in [4.78, 5) is 11.5. The molecule has 1 aromatic carbocycles. The minimum absolute atomic E-state index is 0.0149. The molecule has 0 aliphatic heterocycles. The molecule has 0 saturated heterocycles. The SMILES string of the molecule is CNC(=O)C(C)(C)CNc1c(F)cc(N)cc1F. The highest BCUT2D eigenvalue weighted by Crippen LogP contribution is 2.24. The van der Waals surface area contributed by atoms with E-state index in [2.05, 4.69) is 10.6 Å². The molecule has 0 atom stereocenters. The lowest BCUT2D eigenvalue weighted by Crippen LogP contribution is -2.39. The van der Waals surface area contributed by atoms with Crippen molar-refractivity contribution in [2.45, 2.75) is 13.8 Å². The van der Waals surface area contributed by atoms with Crippen LogP contribution in [0.3, 0.4) is 0 Å². The molecule has 0 unspecified atom stereocenters. The van der Waals surface area contributed by atoms with Crippen LogP contribution >= 0.6 is 0 Å². The van der Waals surface area contributed by atoms with E-state index >= 15 is 0 Å². The third kappa shape index (κ3) is 3.09. The van der Waals surface area contributed by atoms with Gasteiger partial charge in [-0.1, -0.05) is 0 Å². The fourth-order valence-electron chi connectivity index (χ4n) is 1.49. The maximum Gasteiger partial charge on any atom is 0.227 e. The minimum atomic E-state index is -0.783. The maximum absolute atomic E-state index is 13.5. The maximum atomic E-state index is 13.5. The second kappa shape index (κ2) is 5.20. The van der Waals surface area contributed by atoms with Gasteiger partial charge in [-0.3, -0.25) is 4.79 Å². The molecule has 1 amide bonds. The third-order valence-electron chi connectivity index (χ3n) is 2.61. The number of carbonyl (C=O) groups is 1. The van der Waals surface area contributed by atoms with E-state index in [4.69, 9.17) is 5.73 Å². The molecule has 0 fully saturated rings. The van der Waals surface area contributed by atoms with Gasteiger partial charge < -0.3 is 16.4 Å². The van der Waals surface area contributed by atoms with Crippen molar-refractivity contribution in [1.82, 2.24) is 5.32 Å². The molecule has 0 aromatic heterocycles. The molecule has 18 heavy (non-hydrogen) atoms. The lowest BCUT2D eigenvalue weighted by molar-refractivity contribution is -0.128. The predicted molar refractivity (Wildman–Crippen MR) is 67.1 cm³/mol. The fourth-order valence-corrected chi connectivity index (χ4v) is 1.49. The van der Waals surface area contributed by atoms with Gasteiger partial charge in [0, 0.05) is 19.3 Å². The lowest BCUT2D eigenvalue weighted by Gasteiger charge is -2.23. The molecule has 0 radical (unpaired) electrons. The molecule has 0 saturated carbocycles. The molecule has 1 rings (SSSR count). The van der Waals surface area contributed by atoms with Crippen LogP contribution in [0, 0.1) is 17.0 Å². The Morgan fingerprint density at radius 1 is 1.33 bits per heavy atom. The Kier molecular flexibility index (Phi) is 4.11. The smallest absolute Gasteiger partial charge is 0.227 e. The van der Waals surface area contributed by atoms with E-state index in [9.17, 15) is 13.6 Å². The third-order valence-corrected chi connectivity index (χ3v) is 2.61. The van der Waals surface area contributed by atoms with Crippen LogP contribution in [0.25, 0.3) is 0 Å². The summed E-state index contributed by atoms with van der Waals surface area (Å²) in [5, 5.41) is 5.09. The molecule has 0 aliphatic rings. The number of nitrogens with one attached hydrogen (secondary N) is 2. The molecule has 4 nitrogen and oxygen atoms in total. The van der Waals surface area contributed by atoms with Crippen molar-refractivity contribution < 1.29 is 13.6 Å². The average molecular weight is 257 g/mol. The van der Waals surface area contributed by atoms with Gasteiger partial charge in [-0.25, -0.2) is 8.78 Å². The van der Waals surface area contributed by atoms with Gasteiger partial charge in [0.25, 0.3) is 0 Å². The zero-order chi connectivity index (χ0) is 13.9. The quantitative estimate of drug-likeness (QED) is 0.720. The molecule has 4 N–H and O–H groups in total. The van der Waals surface area contributed by atoms with Crippen molar-refractivity contribution in [1.29, 1.82) is 0 Å². The number of benzene rings is 1. The van der Waals surface area contributed by atoms with Crippen LogP contribution in [-0.4, -0.2) is 19.5 Å². The monoisotopic (exact) mass is 257 g/mol. The van der Waals surface area contributed by atoms with Crippen molar-refractivity contribution in [3.05, 3.63) is 23.8 Å². The van der Waals surface area contributed by atoms with Gasteiger partial charge in [-0.05, 0) is 26.0 Å². The first kappa shape index (κ1) is 14.2. The summed E-state index contributed by atoms with van der Waals surface area (Å²) in [6.07, 6.45) is 0. The molecule has 0 spiro atoms. The second-order valence-corrected chi connectivity index (χ2v) is 4.68. The van der Waals surface area contributed by atoms with E-state index in [0.717, 1.165) is 12.1 Å². The zero-order valence-corrected chi connectivity index (χ0v) is 10.6. The Hall–Kier alpha value is -1.85. The number of hydrogen-bond donors (Lipinski definition) is 3. The molecule has 0 bridgehead atoms. The number of nitrogen functional groups attached to an aromatic ring is 1. The second-order valence-electron chi connectivity index (χ2n) is 4.68. The van der Waals surface area contributed by atoms with Crippen LogP contribution < -0.4 is 16.4 Å². The van der Waals surface area contributed by atoms with Crippen molar-refractivity contribution >= 4 is 17.3 Å². The number of anilines is 2. The summed E-state index contributed by atoms with van der Waals surface area (Å²) in [5.74, 6) is -1.77. The Bertz CT molecular complexity index is 438. The molecule has 6 heteroatoms. The number of amides is 1. The molecular weight excluding hydrogens is 240 g/mol. The number of hydrogen-bond acceptors (Lipinski definition) is 3. The van der Waals surface area contributed by atoms with Gasteiger partial charge in [-0.15, -0.1) is 0 Å². The van der Waals surface area contributed by atoms with Crippen molar-refractivity contribution in [2.24, 2.45) is 5.41 Å². The van der Waals surface area contributed by atoms with E-state index < -0.39 is 17.0 Å². The summed E-state index contributed by atoms with van der Waals surface area (Å²) in [5.41, 5.74) is 4.26. The van der Waals surface area contributed by atoms with Crippen molar-refractivity contribution in [3.8, 4) is 0 Å². The zero-order valence-electron chi connectivity index (χ0n) is 10.6. The summed E-state index contributed by atoms with van der Waals surface area (Å²) in [6, 6.07) is 2.05. The van der Waals surface area contributed by atoms with Crippen LogP contribution in [0.2, 0.25) is 0 Å². The normalized spacial score (nSPS) is 11.2. The van der Waals surface area contributed by atoms with E-state index in [1.807, 2.05) is 0 Å². The number of rotatable bonds is 4. The lowest BCUT2D eigenvalue weighted by atomic mass is 9.92. The largest absolute Gasteiger partial charge is 0.399 e. The molecule has 100 valence electrons. The van der Waals surface area contributed by atoms with Crippen molar-refractivity contribution in [3.63, 3.8) is 0 Å². The topological polar surface area (TPSA) is 67.2 Å². The highest BCUT2D eigenvalue weighted by molar-refractivity contribution is 5.82. The van der Waals surface area contributed by atoms with Crippen LogP contribution in [0.5, 0.6) is 0 Å². The predicted octanol–water partition coefficient (Wildman–Crippen LogP) is 1.73. The number of nitrogens with two attached hydrogens (primary N) is 1. The van der Waals surface area contributed by atoms with E-state index in [1.165, 1.54) is 7.05 Å². The first-order chi connectivity index (χ1) is 8.27. The average Bonchev–Trinajstić information content (AvgIpc) is 2.26. The van der Waals surface area contributed by atoms with E-state index in [0.29, 0.717) is 0 Å². The molecule has 0 aliphatic carbocycles. The first-order valence-electron chi connectivity index (χ1n) is 5.48. The van der Waals surface area contributed by atoms with E-state index in [1.54, 1.807) is 13.8 Å². The van der Waals surface area contributed by atoms with Crippen LogP contribution in [0.15, 0.2) is 12.1 Å². The Morgan fingerprint density at radius 2 is 1.83 bits per heavy atom. The summed E-state index contributed by atoms with van der Waals surface area (Å²) < 4.78 is 27.0. The molecule has 1 aromatic rings. The van der Waals surface area contributed by atoms with Gasteiger partial charge in [0.05, 0.1) is 5.41 Å². The van der Waals surface area contributed by atoms with Crippen LogP contribution in [-0.2, 0) is 4.79 Å². The Labute approximate surface area is 105 Å². The minimum Gasteiger partial charge on any atom is -0.399 e. The van der Waals surface area contributed by atoms with Gasteiger partial charge in [0.1, 0.15) is 5.69 Å². The highest BCUT2D eigenvalue weighted by Gasteiger charge is 2.27. The fraction of sp³-hybridized carbons (Fsp3) is 0.417. The Balaban J connectivity index is 2.84. The summed E-state index contributed by atoms with van der Waals surface area (Å²) in [7, 11) is 1.51. The molecule has 0 heterocycles. The number of carbonyl (C=O) groups excluding carboxylic acids is 1. The van der Waals surface area contributed by atoms with Gasteiger partial charge in [0.15, 0.2) is 11.6 Å². The summed E-state index contributed by atoms with van der Waals surface area (Å²) in [6.45, 7) is 3.45. The van der Waals surface area contributed by atoms with Crippen LogP contribution in [0.4, 0.5) is 20.2 Å². The van der Waals surface area contributed by atoms with Gasteiger partial charge >= 0.3 is 0 Å². The van der Waals surface area contributed by atoms with Gasteiger partial charge in [-0.2, -0.15) is 0 Å². The van der Waals surface area contributed by atoms with Gasteiger partial charge in [0.2, 0.25) is 5.91 Å². The van der Waals surface area contributed by atoms with Crippen molar-refractivity contribution in [2.75, 3.05) is 24.6 Å².